The summed E-state index contributed by atoms with van der Waals surface area (Å²) in [5.41, 5.74) is 1.46. The average molecular weight is 175 g/mol. The van der Waals surface area contributed by atoms with Gasteiger partial charge in [0.15, 0.2) is 6.61 Å². The highest BCUT2D eigenvalue weighted by molar-refractivity contribution is 5.80. The van der Waals surface area contributed by atoms with Crippen LogP contribution in [0.25, 0.3) is 0 Å². The molecular weight excluding hydrogens is 162 g/mol. The quantitative estimate of drug-likeness (QED) is 0.599. The highest BCUT2D eigenvalue weighted by atomic mass is 16.7. The summed E-state index contributed by atoms with van der Waals surface area (Å²) in [6, 6.07) is 0. The maximum Gasteiger partial charge on any atom is 0.332 e. The maximum atomic E-state index is 11.0. The monoisotopic (exact) mass is 175 g/mol. The third-order valence-corrected chi connectivity index (χ3v) is 1.04. The lowest BCUT2D eigenvalue weighted by molar-refractivity contribution is -0.152. The number of hydroxylamine groups is 1. The van der Waals surface area contributed by atoms with Gasteiger partial charge >= 0.3 is 5.97 Å². The minimum Gasteiger partial charge on any atom is -0.479 e. The van der Waals surface area contributed by atoms with Crippen LogP contribution >= 0.6 is 0 Å². The molecule has 5 heteroatoms. The van der Waals surface area contributed by atoms with Gasteiger partial charge in [-0.1, -0.05) is 20.8 Å². The molecule has 0 fully saturated rings. The fourth-order valence-corrected chi connectivity index (χ4v) is 0.316. The number of hydrogen-bond donors (Lipinski definition) is 2. The first-order valence-electron chi connectivity index (χ1n) is 3.48. The van der Waals surface area contributed by atoms with Gasteiger partial charge in [-0.15, -0.1) is 0 Å². The summed E-state index contributed by atoms with van der Waals surface area (Å²) in [6.45, 7) is 4.58. The van der Waals surface area contributed by atoms with Gasteiger partial charge in [0, 0.05) is 5.41 Å². The SMILES string of the molecule is CC(C)(C)C(=O)NOCC(=O)O. The predicted octanol–water partition coefficient (Wildman–Crippen LogP) is 0.165. The second-order valence-corrected chi connectivity index (χ2v) is 3.36. The van der Waals surface area contributed by atoms with E-state index in [1.165, 1.54) is 0 Å². The lowest BCUT2D eigenvalue weighted by Crippen LogP contribution is -2.35. The Hall–Kier alpha value is -1.10. The van der Waals surface area contributed by atoms with Crippen LogP contribution in [-0.2, 0) is 14.4 Å². The molecule has 5 nitrogen and oxygen atoms in total. The van der Waals surface area contributed by atoms with Crippen LogP contribution in [0.15, 0.2) is 0 Å². The normalized spacial score (nSPS) is 10.9. The molecule has 12 heavy (non-hydrogen) atoms. The molecule has 0 unspecified atom stereocenters. The van der Waals surface area contributed by atoms with E-state index in [9.17, 15) is 9.59 Å². The zero-order valence-corrected chi connectivity index (χ0v) is 7.38. The van der Waals surface area contributed by atoms with Crippen LogP contribution in [0.1, 0.15) is 20.8 Å². The Morgan fingerprint density at radius 1 is 1.42 bits per heavy atom. The molecule has 0 aromatic rings. The molecule has 2 N–H and O–H groups in total. The lowest BCUT2D eigenvalue weighted by atomic mass is 9.96. The first-order valence-corrected chi connectivity index (χ1v) is 3.48. The number of carboxylic acids is 1. The molecule has 0 aliphatic carbocycles. The number of nitrogens with one attached hydrogen (secondary N) is 1. The van der Waals surface area contributed by atoms with Crippen LogP contribution in [0.5, 0.6) is 0 Å². The Kier molecular flexibility index (Phi) is 3.69. The Morgan fingerprint density at radius 2 is 1.92 bits per heavy atom. The number of carboxylic acid groups (broad SMARTS) is 1. The van der Waals surface area contributed by atoms with Crippen molar-refractivity contribution in [1.29, 1.82) is 0 Å². The van der Waals surface area contributed by atoms with Crippen molar-refractivity contribution < 1.29 is 19.5 Å². The zero-order chi connectivity index (χ0) is 9.78. The van der Waals surface area contributed by atoms with E-state index >= 15 is 0 Å². The highest BCUT2D eigenvalue weighted by Gasteiger charge is 2.21. The molecule has 0 aromatic carbocycles. The van der Waals surface area contributed by atoms with Crippen molar-refractivity contribution in [3.8, 4) is 0 Å². The summed E-state index contributed by atoms with van der Waals surface area (Å²) in [7, 11) is 0. The Morgan fingerprint density at radius 3 is 2.25 bits per heavy atom. The van der Waals surface area contributed by atoms with E-state index in [2.05, 4.69) is 4.84 Å². The van der Waals surface area contributed by atoms with E-state index in [-0.39, 0.29) is 5.91 Å². The zero-order valence-electron chi connectivity index (χ0n) is 7.38. The third kappa shape index (κ3) is 4.68. The first kappa shape index (κ1) is 10.9. The molecule has 0 spiro atoms. The van der Waals surface area contributed by atoms with Gasteiger partial charge in [0.05, 0.1) is 0 Å². The van der Waals surface area contributed by atoms with Crippen molar-refractivity contribution in [2.24, 2.45) is 5.41 Å². The first-order chi connectivity index (χ1) is 5.34. The molecule has 0 aliphatic heterocycles. The van der Waals surface area contributed by atoms with E-state index < -0.39 is 18.0 Å². The smallest absolute Gasteiger partial charge is 0.332 e. The van der Waals surface area contributed by atoms with Crippen LogP contribution in [0.4, 0.5) is 0 Å². The molecule has 1 amide bonds. The number of rotatable bonds is 3. The molecule has 70 valence electrons. The third-order valence-electron chi connectivity index (χ3n) is 1.04. The molecule has 0 bridgehead atoms. The lowest BCUT2D eigenvalue weighted by Gasteiger charge is -2.16. The van der Waals surface area contributed by atoms with Gasteiger partial charge in [0.25, 0.3) is 0 Å². The van der Waals surface area contributed by atoms with Crippen molar-refractivity contribution in [3.05, 3.63) is 0 Å². The Labute approximate surface area is 70.7 Å². The van der Waals surface area contributed by atoms with Gasteiger partial charge in [-0.05, 0) is 0 Å². The molecule has 0 heterocycles. The van der Waals surface area contributed by atoms with Gasteiger partial charge < -0.3 is 5.11 Å². The van der Waals surface area contributed by atoms with Gasteiger partial charge in [-0.3, -0.25) is 9.63 Å². The predicted molar refractivity (Wildman–Crippen MR) is 41.2 cm³/mol. The molecule has 0 saturated carbocycles. The van der Waals surface area contributed by atoms with Crippen molar-refractivity contribution in [2.75, 3.05) is 6.61 Å². The van der Waals surface area contributed by atoms with Crippen LogP contribution < -0.4 is 5.48 Å². The van der Waals surface area contributed by atoms with Gasteiger partial charge in [0.1, 0.15) is 0 Å². The summed E-state index contributed by atoms with van der Waals surface area (Å²) in [5.74, 6) is -1.46. The van der Waals surface area contributed by atoms with Gasteiger partial charge in [-0.25, -0.2) is 10.3 Å². The average Bonchev–Trinajstić information content (AvgIpc) is 1.84. The summed E-state index contributed by atoms with van der Waals surface area (Å²) in [4.78, 5) is 25.4. The second-order valence-electron chi connectivity index (χ2n) is 3.36. The fraction of sp³-hybridized carbons (Fsp3) is 0.714. The van der Waals surface area contributed by atoms with E-state index in [4.69, 9.17) is 5.11 Å². The number of amides is 1. The number of hydrogen-bond acceptors (Lipinski definition) is 3. The van der Waals surface area contributed by atoms with Gasteiger partial charge in [0.2, 0.25) is 5.91 Å². The number of aliphatic carboxylic acids is 1. The van der Waals surface area contributed by atoms with E-state index in [0.29, 0.717) is 0 Å². The summed E-state index contributed by atoms with van der Waals surface area (Å²) in [6.07, 6.45) is 0. The maximum absolute atomic E-state index is 11.0. The van der Waals surface area contributed by atoms with Crippen molar-refractivity contribution in [3.63, 3.8) is 0 Å². The summed E-state index contributed by atoms with van der Waals surface area (Å²) in [5, 5.41) is 8.15. The van der Waals surface area contributed by atoms with Crippen LogP contribution in [0.3, 0.4) is 0 Å². The van der Waals surface area contributed by atoms with E-state index in [1.54, 1.807) is 20.8 Å². The Balaban J connectivity index is 3.66. The van der Waals surface area contributed by atoms with Crippen molar-refractivity contribution in [2.45, 2.75) is 20.8 Å². The van der Waals surface area contributed by atoms with Crippen LogP contribution in [-0.4, -0.2) is 23.6 Å². The number of carbonyl (C=O) groups excluding carboxylic acids is 1. The summed E-state index contributed by atoms with van der Waals surface area (Å²) < 4.78 is 0. The summed E-state index contributed by atoms with van der Waals surface area (Å²) >= 11 is 0. The minimum absolute atomic E-state index is 0.344. The molecule has 0 aliphatic rings. The molecule has 0 saturated heterocycles. The molecule has 0 radical (unpaired) electrons. The minimum atomic E-state index is -1.12. The molecule has 0 aromatic heterocycles. The standard InChI is InChI=1S/C7H13NO4/c1-7(2,3)6(11)8-12-4-5(9)10/h4H2,1-3H3,(H,8,11)(H,9,10). The van der Waals surface area contributed by atoms with E-state index in [0.717, 1.165) is 0 Å². The highest BCUT2D eigenvalue weighted by Crippen LogP contribution is 2.11. The molecule has 0 rings (SSSR count). The molecular formula is C7H13NO4. The van der Waals surface area contributed by atoms with Crippen molar-refractivity contribution in [1.82, 2.24) is 5.48 Å². The van der Waals surface area contributed by atoms with Crippen LogP contribution in [0, 0.1) is 5.41 Å². The molecule has 0 atom stereocenters. The van der Waals surface area contributed by atoms with Crippen LogP contribution in [0.2, 0.25) is 0 Å². The second kappa shape index (κ2) is 4.06. The number of carbonyl (C=O) groups is 2. The fourth-order valence-electron chi connectivity index (χ4n) is 0.316. The van der Waals surface area contributed by atoms with Gasteiger partial charge in [-0.2, -0.15) is 0 Å². The topological polar surface area (TPSA) is 75.6 Å². The largest absolute Gasteiger partial charge is 0.479 e. The van der Waals surface area contributed by atoms with Crippen molar-refractivity contribution >= 4 is 11.9 Å². The Bertz CT molecular complexity index is 182. The van der Waals surface area contributed by atoms with E-state index in [1.807, 2.05) is 5.48 Å².